The van der Waals surface area contributed by atoms with E-state index in [2.05, 4.69) is 16.4 Å². The standard InChI is InChI=1S/C17H15N3O3/c1-23-16-6-4-13-8-12(2-3-14(13)9-16)10-18-17-7-5-15(11-19-17)20(21)22/h2-9,11H,10H2,1H3,(H,18,19). The van der Waals surface area contributed by atoms with E-state index < -0.39 is 4.92 Å². The van der Waals surface area contributed by atoms with Crippen LogP contribution in [0.3, 0.4) is 0 Å². The summed E-state index contributed by atoms with van der Waals surface area (Å²) in [6.45, 7) is 0.590. The van der Waals surface area contributed by atoms with Crippen LogP contribution in [-0.4, -0.2) is 17.0 Å². The molecule has 0 unspecified atom stereocenters. The third kappa shape index (κ3) is 3.37. The lowest BCUT2D eigenvalue weighted by Crippen LogP contribution is -2.01. The van der Waals surface area contributed by atoms with Crippen molar-refractivity contribution in [1.82, 2.24) is 4.98 Å². The molecule has 3 rings (SSSR count). The first-order chi connectivity index (χ1) is 11.2. The molecule has 0 aliphatic carbocycles. The first-order valence-electron chi connectivity index (χ1n) is 7.07. The average Bonchev–Trinajstić information content (AvgIpc) is 2.59. The molecule has 0 fully saturated rings. The third-order valence-corrected chi connectivity index (χ3v) is 3.54. The Morgan fingerprint density at radius 2 is 1.91 bits per heavy atom. The zero-order chi connectivity index (χ0) is 16.2. The molecule has 0 atom stereocenters. The molecule has 116 valence electrons. The molecule has 1 N–H and O–H groups in total. The van der Waals surface area contributed by atoms with E-state index in [-0.39, 0.29) is 5.69 Å². The Hall–Kier alpha value is -3.15. The maximum absolute atomic E-state index is 10.6. The number of methoxy groups -OCH3 is 1. The van der Waals surface area contributed by atoms with Crippen molar-refractivity contribution in [2.24, 2.45) is 0 Å². The molecule has 23 heavy (non-hydrogen) atoms. The van der Waals surface area contributed by atoms with Crippen LogP contribution in [0.2, 0.25) is 0 Å². The van der Waals surface area contributed by atoms with Crippen molar-refractivity contribution in [2.45, 2.75) is 6.54 Å². The average molecular weight is 309 g/mol. The first kappa shape index (κ1) is 14.8. The van der Waals surface area contributed by atoms with E-state index in [9.17, 15) is 10.1 Å². The summed E-state index contributed by atoms with van der Waals surface area (Å²) in [5.41, 5.74) is 1.08. The summed E-state index contributed by atoms with van der Waals surface area (Å²) in [7, 11) is 1.65. The Labute approximate surface area is 132 Å². The Morgan fingerprint density at radius 3 is 2.61 bits per heavy atom. The molecule has 1 heterocycles. The predicted octanol–water partition coefficient (Wildman–Crippen LogP) is 3.76. The van der Waals surface area contributed by atoms with Crippen molar-refractivity contribution in [3.05, 3.63) is 70.4 Å². The minimum absolute atomic E-state index is 0.0183. The second-order valence-electron chi connectivity index (χ2n) is 5.06. The van der Waals surface area contributed by atoms with Gasteiger partial charge in [-0.1, -0.05) is 18.2 Å². The molecule has 0 aliphatic heterocycles. The summed E-state index contributed by atoms with van der Waals surface area (Å²) >= 11 is 0. The van der Waals surface area contributed by atoms with Gasteiger partial charge in [0.2, 0.25) is 0 Å². The van der Waals surface area contributed by atoms with E-state index in [0.717, 1.165) is 22.1 Å². The van der Waals surface area contributed by atoms with Gasteiger partial charge in [0.1, 0.15) is 17.8 Å². The van der Waals surface area contributed by atoms with E-state index >= 15 is 0 Å². The monoisotopic (exact) mass is 309 g/mol. The molecule has 0 saturated carbocycles. The number of fused-ring (bicyclic) bond motifs is 1. The molecule has 0 radical (unpaired) electrons. The van der Waals surface area contributed by atoms with Crippen LogP contribution >= 0.6 is 0 Å². The van der Waals surface area contributed by atoms with Gasteiger partial charge in [0.05, 0.1) is 12.0 Å². The number of nitrogens with zero attached hydrogens (tertiary/aromatic N) is 2. The molecule has 3 aromatic rings. The lowest BCUT2D eigenvalue weighted by atomic mass is 10.1. The fourth-order valence-electron chi connectivity index (χ4n) is 2.30. The molecule has 6 heteroatoms. The van der Waals surface area contributed by atoms with Gasteiger partial charge >= 0.3 is 0 Å². The molecule has 1 aromatic heterocycles. The number of pyridine rings is 1. The van der Waals surface area contributed by atoms with Crippen molar-refractivity contribution in [1.29, 1.82) is 0 Å². The number of hydrogen-bond acceptors (Lipinski definition) is 5. The van der Waals surface area contributed by atoms with Gasteiger partial charge < -0.3 is 10.1 Å². The molecule has 0 bridgehead atoms. The Bertz CT molecular complexity index is 847. The fourth-order valence-corrected chi connectivity index (χ4v) is 2.30. The van der Waals surface area contributed by atoms with Gasteiger partial charge in [-0.05, 0) is 40.6 Å². The largest absolute Gasteiger partial charge is 0.497 e. The van der Waals surface area contributed by atoms with Crippen molar-refractivity contribution < 1.29 is 9.66 Å². The number of hydrogen-bond donors (Lipinski definition) is 1. The van der Waals surface area contributed by atoms with Gasteiger partial charge in [-0.15, -0.1) is 0 Å². The quantitative estimate of drug-likeness (QED) is 0.573. The third-order valence-electron chi connectivity index (χ3n) is 3.54. The lowest BCUT2D eigenvalue weighted by Gasteiger charge is -2.08. The molecule has 2 aromatic carbocycles. The summed E-state index contributed by atoms with van der Waals surface area (Å²) in [6.07, 6.45) is 1.25. The van der Waals surface area contributed by atoms with Gasteiger partial charge in [0.15, 0.2) is 0 Å². The van der Waals surface area contributed by atoms with Crippen LogP contribution in [0.4, 0.5) is 11.5 Å². The van der Waals surface area contributed by atoms with Gasteiger partial charge in [0.25, 0.3) is 5.69 Å². The minimum Gasteiger partial charge on any atom is -0.497 e. The van der Waals surface area contributed by atoms with Crippen LogP contribution in [0.5, 0.6) is 5.75 Å². The Morgan fingerprint density at radius 1 is 1.13 bits per heavy atom. The molecular formula is C17H15N3O3. The molecule has 6 nitrogen and oxygen atoms in total. The van der Waals surface area contributed by atoms with E-state index in [0.29, 0.717) is 12.4 Å². The highest BCUT2D eigenvalue weighted by atomic mass is 16.6. The number of anilines is 1. The van der Waals surface area contributed by atoms with Gasteiger partial charge in [0, 0.05) is 12.6 Å². The van der Waals surface area contributed by atoms with Gasteiger partial charge in [-0.25, -0.2) is 4.98 Å². The fraction of sp³-hybridized carbons (Fsp3) is 0.118. The Balaban J connectivity index is 1.72. The van der Waals surface area contributed by atoms with Crippen molar-refractivity contribution >= 4 is 22.3 Å². The van der Waals surface area contributed by atoms with Crippen molar-refractivity contribution in [2.75, 3.05) is 12.4 Å². The number of ether oxygens (including phenoxy) is 1. The normalized spacial score (nSPS) is 10.5. The van der Waals surface area contributed by atoms with E-state index in [1.54, 1.807) is 13.2 Å². The van der Waals surface area contributed by atoms with E-state index in [4.69, 9.17) is 4.74 Å². The molecule has 0 saturated heterocycles. The number of nitrogens with one attached hydrogen (secondary N) is 1. The summed E-state index contributed by atoms with van der Waals surface area (Å²) in [4.78, 5) is 14.2. The number of rotatable bonds is 5. The maximum Gasteiger partial charge on any atom is 0.287 e. The smallest absolute Gasteiger partial charge is 0.287 e. The second kappa shape index (κ2) is 6.31. The van der Waals surface area contributed by atoms with Crippen LogP contribution in [-0.2, 0) is 6.54 Å². The molecule has 0 amide bonds. The number of aromatic nitrogens is 1. The van der Waals surface area contributed by atoms with Crippen LogP contribution < -0.4 is 10.1 Å². The van der Waals surface area contributed by atoms with E-state index in [1.165, 1.54) is 12.3 Å². The zero-order valence-corrected chi connectivity index (χ0v) is 12.5. The maximum atomic E-state index is 10.6. The van der Waals surface area contributed by atoms with Gasteiger partial charge in [-0.2, -0.15) is 0 Å². The summed E-state index contributed by atoms with van der Waals surface area (Å²) < 4.78 is 5.22. The molecule has 0 aliphatic rings. The SMILES string of the molecule is COc1ccc2cc(CNc3ccc([N+](=O)[O-])cn3)ccc2c1. The number of nitro groups is 1. The molecule has 0 spiro atoms. The highest BCUT2D eigenvalue weighted by molar-refractivity contribution is 5.84. The highest BCUT2D eigenvalue weighted by Crippen LogP contribution is 2.22. The van der Waals surface area contributed by atoms with Crippen LogP contribution in [0.15, 0.2) is 54.7 Å². The van der Waals surface area contributed by atoms with E-state index in [1.807, 2.05) is 30.3 Å². The van der Waals surface area contributed by atoms with Crippen molar-refractivity contribution in [3.8, 4) is 5.75 Å². The van der Waals surface area contributed by atoms with Gasteiger partial charge in [-0.3, -0.25) is 10.1 Å². The second-order valence-corrected chi connectivity index (χ2v) is 5.06. The summed E-state index contributed by atoms with van der Waals surface area (Å²) in [6, 6.07) is 15.1. The summed E-state index contributed by atoms with van der Waals surface area (Å²) in [5.74, 6) is 1.43. The topological polar surface area (TPSA) is 77.3 Å². The first-order valence-corrected chi connectivity index (χ1v) is 7.07. The molecular weight excluding hydrogens is 294 g/mol. The van der Waals surface area contributed by atoms with Crippen LogP contribution in [0.25, 0.3) is 10.8 Å². The Kier molecular flexibility index (Phi) is 4.05. The van der Waals surface area contributed by atoms with Crippen LogP contribution in [0.1, 0.15) is 5.56 Å². The zero-order valence-electron chi connectivity index (χ0n) is 12.5. The lowest BCUT2D eigenvalue weighted by molar-refractivity contribution is -0.385. The summed E-state index contributed by atoms with van der Waals surface area (Å²) in [5, 5.41) is 16.0. The van der Waals surface area contributed by atoms with Crippen LogP contribution in [0, 0.1) is 10.1 Å². The minimum atomic E-state index is -0.464. The van der Waals surface area contributed by atoms with Crippen molar-refractivity contribution in [3.63, 3.8) is 0 Å². The number of benzene rings is 2. The highest BCUT2D eigenvalue weighted by Gasteiger charge is 2.05. The predicted molar refractivity (Wildman–Crippen MR) is 88.7 cm³/mol.